The molecule has 0 aliphatic carbocycles. The number of carbonyl (C=O) groups excluding carboxylic acids is 1. The second-order valence-corrected chi connectivity index (χ2v) is 9.30. The lowest BCUT2D eigenvalue weighted by molar-refractivity contribution is -0.139. The smallest absolute Gasteiger partial charge is 0.338 e. The number of aliphatic hydroxyl groups excluding tert-OH is 1. The van der Waals surface area contributed by atoms with E-state index in [1.54, 1.807) is 19.2 Å². The first-order valence-electron chi connectivity index (χ1n) is 10.4. The number of aliphatic imine (C=N–C) groups is 1. The summed E-state index contributed by atoms with van der Waals surface area (Å²) in [4.78, 5) is 24.6. The maximum Gasteiger partial charge on any atom is 0.338 e. The van der Waals surface area contributed by atoms with Gasteiger partial charge in [-0.25, -0.2) is 14.2 Å². The monoisotopic (exact) mass is 522 g/mol. The second-order valence-electron chi connectivity index (χ2n) is 7.55. The number of rotatable bonds is 8. The Kier molecular flexibility index (Phi) is 7.34. The minimum atomic E-state index is -0.640. The quantitative estimate of drug-likeness (QED) is 0.408. The predicted octanol–water partition coefficient (Wildman–Crippen LogP) is 3.27. The van der Waals surface area contributed by atoms with Gasteiger partial charge in [0.05, 0.1) is 18.8 Å². The number of carbonyl (C=O) groups is 1. The number of aliphatic hydroxyl groups is 1. The van der Waals surface area contributed by atoms with Crippen LogP contribution in [0.4, 0.5) is 4.39 Å². The number of thiazole rings is 1. The van der Waals surface area contributed by atoms with Crippen LogP contribution in [0.3, 0.4) is 0 Å². The molecule has 0 saturated carbocycles. The van der Waals surface area contributed by atoms with Crippen molar-refractivity contribution in [3.63, 3.8) is 0 Å². The molecule has 0 spiro atoms. The van der Waals surface area contributed by atoms with Gasteiger partial charge in [0.1, 0.15) is 11.9 Å². The molecule has 1 fully saturated rings. The van der Waals surface area contributed by atoms with Gasteiger partial charge >= 0.3 is 5.97 Å². The Morgan fingerprint density at radius 2 is 2.31 bits per heavy atom. The van der Waals surface area contributed by atoms with Gasteiger partial charge in [-0.3, -0.25) is 4.99 Å². The number of nitrogens with one attached hydrogen (secondary N) is 1. The van der Waals surface area contributed by atoms with E-state index in [0.29, 0.717) is 47.5 Å². The van der Waals surface area contributed by atoms with Crippen LogP contribution in [-0.2, 0) is 9.53 Å². The van der Waals surface area contributed by atoms with E-state index in [9.17, 15) is 9.18 Å². The average Bonchev–Trinajstić information content (AvgIpc) is 3.43. The summed E-state index contributed by atoms with van der Waals surface area (Å²) in [5.74, 6) is 0.138. The largest absolute Gasteiger partial charge is 0.463 e. The summed E-state index contributed by atoms with van der Waals surface area (Å²) in [7, 11) is 0. The number of benzene rings is 1. The summed E-state index contributed by atoms with van der Waals surface area (Å²) in [6.07, 6.45) is 2.39. The van der Waals surface area contributed by atoms with Crippen molar-refractivity contribution in [3.8, 4) is 0 Å². The van der Waals surface area contributed by atoms with Gasteiger partial charge in [-0.05, 0) is 37.0 Å². The number of esters is 1. The highest BCUT2D eigenvalue weighted by atomic mass is 79.9. The highest BCUT2D eigenvalue weighted by Gasteiger charge is 2.42. The number of ether oxygens (including phenoxy) is 1. The van der Waals surface area contributed by atoms with Crippen LogP contribution in [0.15, 0.2) is 50.5 Å². The zero-order valence-electron chi connectivity index (χ0n) is 17.6. The van der Waals surface area contributed by atoms with E-state index >= 15 is 0 Å². The Balaban J connectivity index is 1.82. The van der Waals surface area contributed by atoms with E-state index < -0.39 is 12.0 Å². The Morgan fingerprint density at radius 3 is 3.00 bits per heavy atom. The molecule has 2 aromatic rings. The molecule has 7 nitrogen and oxygen atoms in total. The molecule has 2 aliphatic rings. The van der Waals surface area contributed by atoms with Crippen molar-refractivity contribution < 1.29 is 19.0 Å². The SMILES string of the molecule is CCOC(=O)C1=C2C[C@@H](CNCCO)CN2C(c2nccs2)=NC1c1ccc(F)cc1Br. The van der Waals surface area contributed by atoms with Gasteiger partial charge in [0.2, 0.25) is 0 Å². The first kappa shape index (κ1) is 23.0. The molecule has 1 aromatic heterocycles. The summed E-state index contributed by atoms with van der Waals surface area (Å²) >= 11 is 4.93. The zero-order valence-corrected chi connectivity index (χ0v) is 20.0. The molecule has 170 valence electrons. The lowest BCUT2D eigenvalue weighted by Gasteiger charge is -2.32. The summed E-state index contributed by atoms with van der Waals surface area (Å²) < 4.78 is 19.8. The van der Waals surface area contributed by atoms with Crippen LogP contribution in [0.2, 0.25) is 0 Å². The van der Waals surface area contributed by atoms with Crippen molar-refractivity contribution in [1.82, 2.24) is 15.2 Å². The van der Waals surface area contributed by atoms with Crippen molar-refractivity contribution in [3.05, 3.63) is 61.9 Å². The van der Waals surface area contributed by atoms with E-state index in [4.69, 9.17) is 14.8 Å². The highest BCUT2D eigenvalue weighted by Crippen LogP contribution is 2.43. The van der Waals surface area contributed by atoms with Crippen molar-refractivity contribution in [2.24, 2.45) is 10.9 Å². The number of hydrogen-bond acceptors (Lipinski definition) is 8. The van der Waals surface area contributed by atoms with Gasteiger partial charge in [-0.2, -0.15) is 0 Å². The third-order valence-electron chi connectivity index (χ3n) is 5.44. The third kappa shape index (κ3) is 4.63. The molecule has 10 heteroatoms. The van der Waals surface area contributed by atoms with E-state index in [1.807, 2.05) is 5.38 Å². The minimum absolute atomic E-state index is 0.0691. The molecule has 1 unspecified atom stereocenters. The van der Waals surface area contributed by atoms with Crippen LogP contribution in [0.25, 0.3) is 0 Å². The summed E-state index contributed by atoms with van der Waals surface area (Å²) in [6.45, 7) is 3.97. The molecule has 1 aromatic carbocycles. The zero-order chi connectivity index (χ0) is 22.7. The highest BCUT2D eigenvalue weighted by molar-refractivity contribution is 9.10. The topological polar surface area (TPSA) is 87.0 Å². The van der Waals surface area contributed by atoms with Gasteiger partial charge in [-0.15, -0.1) is 11.3 Å². The van der Waals surface area contributed by atoms with E-state index in [1.165, 1.54) is 23.5 Å². The molecule has 3 heterocycles. The second kappa shape index (κ2) is 10.2. The Morgan fingerprint density at radius 1 is 1.47 bits per heavy atom. The van der Waals surface area contributed by atoms with Gasteiger partial charge < -0.3 is 20.1 Å². The lowest BCUT2D eigenvalue weighted by atomic mass is 9.94. The first-order valence-corrected chi connectivity index (χ1v) is 12.1. The van der Waals surface area contributed by atoms with Crippen LogP contribution >= 0.6 is 27.3 Å². The third-order valence-corrected chi connectivity index (χ3v) is 6.89. The Labute approximate surface area is 198 Å². The summed E-state index contributed by atoms with van der Waals surface area (Å²) in [6, 6.07) is 3.76. The molecule has 1 saturated heterocycles. The average molecular weight is 523 g/mol. The van der Waals surface area contributed by atoms with Crippen molar-refractivity contribution in [2.45, 2.75) is 19.4 Å². The molecule has 4 rings (SSSR count). The summed E-state index contributed by atoms with van der Waals surface area (Å²) in [5.41, 5.74) is 2.03. The van der Waals surface area contributed by atoms with Crippen LogP contribution in [-0.4, -0.2) is 59.6 Å². The van der Waals surface area contributed by atoms with Gasteiger partial charge in [-0.1, -0.05) is 22.0 Å². The minimum Gasteiger partial charge on any atom is -0.463 e. The molecule has 32 heavy (non-hydrogen) atoms. The number of hydrogen-bond donors (Lipinski definition) is 2. The molecular weight excluding hydrogens is 499 g/mol. The molecule has 2 aliphatic heterocycles. The van der Waals surface area contributed by atoms with Gasteiger partial charge in [0.25, 0.3) is 0 Å². The van der Waals surface area contributed by atoms with Crippen LogP contribution in [0, 0.1) is 11.7 Å². The van der Waals surface area contributed by atoms with Crippen molar-refractivity contribution in [1.29, 1.82) is 0 Å². The fourth-order valence-corrected chi connectivity index (χ4v) is 5.32. The van der Waals surface area contributed by atoms with E-state index in [-0.39, 0.29) is 24.9 Å². The van der Waals surface area contributed by atoms with Crippen LogP contribution in [0.5, 0.6) is 0 Å². The first-order chi connectivity index (χ1) is 15.5. The van der Waals surface area contributed by atoms with Crippen LogP contribution < -0.4 is 5.32 Å². The van der Waals surface area contributed by atoms with Crippen molar-refractivity contribution >= 4 is 39.1 Å². The maximum absolute atomic E-state index is 13.8. The molecular formula is C22H24BrFN4O3S. The van der Waals surface area contributed by atoms with Crippen LogP contribution in [0.1, 0.15) is 30.0 Å². The molecule has 0 amide bonds. The fourth-order valence-electron chi connectivity index (χ4n) is 4.11. The van der Waals surface area contributed by atoms with Gasteiger partial charge in [0, 0.05) is 41.4 Å². The Hall–Kier alpha value is -2.14. The Bertz CT molecular complexity index is 1040. The number of amidine groups is 1. The van der Waals surface area contributed by atoms with E-state index in [2.05, 4.69) is 31.1 Å². The molecule has 2 atom stereocenters. The lowest BCUT2D eigenvalue weighted by Crippen LogP contribution is -2.36. The molecule has 2 N–H and O–H groups in total. The maximum atomic E-state index is 13.8. The fraction of sp³-hybridized carbons (Fsp3) is 0.409. The molecule has 0 radical (unpaired) electrons. The number of allylic oxidation sites excluding steroid dienone is 1. The number of nitrogens with zero attached hydrogens (tertiary/aromatic N) is 3. The van der Waals surface area contributed by atoms with Gasteiger partial charge in [0.15, 0.2) is 10.8 Å². The normalized spacial score (nSPS) is 20.4. The van der Waals surface area contributed by atoms with Crippen molar-refractivity contribution in [2.75, 3.05) is 32.8 Å². The van der Waals surface area contributed by atoms with E-state index in [0.717, 1.165) is 10.7 Å². The predicted molar refractivity (Wildman–Crippen MR) is 124 cm³/mol. The number of aromatic nitrogens is 1. The summed E-state index contributed by atoms with van der Waals surface area (Å²) in [5, 5.41) is 15.0. The number of fused-ring (bicyclic) bond motifs is 1. The standard InChI is InChI=1S/C22H24BrFN4O3S/c1-2-31-22(30)18-17-9-13(11-25-5-7-29)12-28(17)20(21-26-6-8-32-21)27-19(18)15-4-3-14(24)10-16(15)23/h3-4,6,8,10,13,19,25,29H,2,5,7,9,11-12H2,1H3/t13-,19?/m0/s1. The molecule has 0 bridgehead atoms. The number of halogens is 2.